The van der Waals surface area contributed by atoms with E-state index < -0.39 is 5.41 Å². The smallest absolute Gasteiger partial charge is 0.115 e. The number of nitrogens with one attached hydrogen (secondary N) is 1. The summed E-state index contributed by atoms with van der Waals surface area (Å²) in [5.41, 5.74) is 7.41. The highest BCUT2D eigenvalue weighted by Crippen LogP contribution is 2.47. The molecular weight excluding hydrogens is 483 g/mol. The van der Waals surface area contributed by atoms with Gasteiger partial charge in [-0.1, -0.05) is 83.9 Å². The number of aliphatic imine (C=N–C) groups is 1. The molecule has 1 aliphatic heterocycles. The first-order chi connectivity index (χ1) is 16.4. The van der Waals surface area contributed by atoms with Gasteiger partial charge in [-0.05, 0) is 31.5 Å². The Bertz CT molecular complexity index is 1300. The first kappa shape index (κ1) is 22.7. The van der Waals surface area contributed by atoms with Crippen LogP contribution in [0.25, 0.3) is 21.7 Å². The van der Waals surface area contributed by atoms with Crippen molar-refractivity contribution in [3.63, 3.8) is 0 Å². The van der Waals surface area contributed by atoms with Crippen molar-refractivity contribution in [3.8, 4) is 21.7 Å². The fourth-order valence-corrected chi connectivity index (χ4v) is 6.15. The maximum Gasteiger partial charge on any atom is 0.115 e. The molecule has 7 heteroatoms. The normalized spacial score (nSPS) is 13.2. The van der Waals surface area contributed by atoms with Gasteiger partial charge in [0.2, 0.25) is 0 Å². The molecule has 1 aromatic heterocycles. The van der Waals surface area contributed by atoms with Crippen LogP contribution in [-0.2, 0) is 5.41 Å². The van der Waals surface area contributed by atoms with Gasteiger partial charge in [-0.15, -0.1) is 11.3 Å². The average Bonchev–Trinajstić information content (AvgIpc) is 3.32. The van der Waals surface area contributed by atoms with E-state index in [1.54, 1.807) is 35.1 Å². The molecule has 1 aliphatic rings. The van der Waals surface area contributed by atoms with Gasteiger partial charge in [-0.2, -0.15) is 0 Å². The molecule has 170 valence electrons. The molecule has 0 bridgehead atoms. The SMILES string of the molecule is CC(C)(c1nc(-c2ccccc2)c(-c2ccccc2)s1)c1c(Cl)cc(N2C=NC=CN2)cc1Cl. The van der Waals surface area contributed by atoms with Gasteiger partial charge in [0.1, 0.15) is 11.3 Å². The number of hydrazine groups is 1. The molecule has 0 amide bonds. The van der Waals surface area contributed by atoms with Gasteiger partial charge in [0.05, 0.1) is 16.3 Å². The van der Waals surface area contributed by atoms with E-state index in [2.05, 4.69) is 48.5 Å². The van der Waals surface area contributed by atoms with Crippen LogP contribution in [0, 0.1) is 0 Å². The second-order valence-corrected chi connectivity index (χ2v) is 10.2. The number of thiazole rings is 1. The minimum absolute atomic E-state index is 0.517. The molecule has 0 radical (unpaired) electrons. The number of halogens is 2. The Balaban J connectivity index is 1.62. The zero-order valence-corrected chi connectivity index (χ0v) is 21.0. The number of aromatic nitrogens is 1. The molecule has 4 nitrogen and oxygen atoms in total. The first-order valence-corrected chi connectivity index (χ1v) is 12.4. The summed E-state index contributed by atoms with van der Waals surface area (Å²) < 4.78 is 0. The zero-order valence-electron chi connectivity index (χ0n) is 18.7. The van der Waals surface area contributed by atoms with Crippen LogP contribution in [0.3, 0.4) is 0 Å². The number of hydrogen-bond donors (Lipinski definition) is 1. The first-order valence-electron chi connectivity index (χ1n) is 10.8. The molecule has 0 unspecified atom stereocenters. The fraction of sp³-hybridized carbons (Fsp3) is 0.111. The minimum atomic E-state index is -0.517. The minimum Gasteiger partial charge on any atom is -0.299 e. The third-order valence-corrected chi connectivity index (χ3v) is 7.76. The van der Waals surface area contributed by atoms with Crippen molar-refractivity contribution in [3.05, 3.63) is 106 Å². The Morgan fingerprint density at radius 1 is 0.882 bits per heavy atom. The number of rotatable bonds is 5. The predicted molar refractivity (Wildman–Crippen MR) is 145 cm³/mol. The highest BCUT2D eigenvalue weighted by atomic mass is 35.5. The van der Waals surface area contributed by atoms with Crippen molar-refractivity contribution >= 4 is 46.6 Å². The molecule has 4 aromatic rings. The van der Waals surface area contributed by atoms with E-state index in [0.717, 1.165) is 38.0 Å². The summed E-state index contributed by atoms with van der Waals surface area (Å²) in [6.07, 6.45) is 5.09. The lowest BCUT2D eigenvalue weighted by Crippen LogP contribution is -2.34. The quantitative estimate of drug-likeness (QED) is 0.299. The topological polar surface area (TPSA) is 40.5 Å². The number of benzene rings is 3. The van der Waals surface area contributed by atoms with Gasteiger partial charge in [-0.25, -0.2) is 15.0 Å². The van der Waals surface area contributed by atoms with Crippen LogP contribution < -0.4 is 10.4 Å². The Labute approximate surface area is 213 Å². The third-order valence-electron chi connectivity index (χ3n) is 5.73. The lowest BCUT2D eigenvalue weighted by Gasteiger charge is -2.28. The highest BCUT2D eigenvalue weighted by Gasteiger charge is 2.33. The predicted octanol–water partition coefficient (Wildman–Crippen LogP) is 7.93. The molecule has 34 heavy (non-hydrogen) atoms. The second kappa shape index (κ2) is 9.26. The Hall–Kier alpha value is -3.12. The fourth-order valence-electron chi connectivity index (χ4n) is 4.00. The van der Waals surface area contributed by atoms with Crippen molar-refractivity contribution in [2.24, 2.45) is 4.99 Å². The molecule has 0 saturated carbocycles. The van der Waals surface area contributed by atoms with E-state index in [0.29, 0.717) is 10.0 Å². The molecule has 0 atom stereocenters. The molecule has 0 fully saturated rings. The molecule has 0 spiro atoms. The molecule has 2 heterocycles. The molecular formula is C27H22Cl2N4S. The number of anilines is 1. The van der Waals surface area contributed by atoms with Gasteiger partial charge < -0.3 is 0 Å². The van der Waals surface area contributed by atoms with Crippen molar-refractivity contribution in [1.29, 1.82) is 0 Å². The van der Waals surface area contributed by atoms with Crippen LogP contribution in [0.4, 0.5) is 5.69 Å². The largest absolute Gasteiger partial charge is 0.299 e. The van der Waals surface area contributed by atoms with Crippen LogP contribution in [0.1, 0.15) is 24.4 Å². The van der Waals surface area contributed by atoms with Crippen LogP contribution in [0.2, 0.25) is 10.0 Å². The number of hydrogen-bond acceptors (Lipinski definition) is 5. The van der Waals surface area contributed by atoms with Crippen molar-refractivity contribution in [1.82, 2.24) is 10.4 Å². The van der Waals surface area contributed by atoms with Crippen LogP contribution >= 0.6 is 34.5 Å². The lowest BCUT2D eigenvalue weighted by molar-refractivity contribution is 0.636. The molecule has 3 aromatic carbocycles. The summed E-state index contributed by atoms with van der Waals surface area (Å²) in [5, 5.41) is 3.87. The van der Waals surface area contributed by atoms with E-state index in [-0.39, 0.29) is 0 Å². The van der Waals surface area contributed by atoms with Gasteiger partial charge in [0, 0.05) is 39.0 Å². The van der Waals surface area contributed by atoms with Crippen LogP contribution in [0.5, 0.6) is 0 Å². The van der Waals surface area contributed by atoms with Crippen molar-refractivity contribution in [2.75, 3.05) is 5.01 Å². The lowest BCUT2D eigenvalue weighted by atomic mass is 9.85. The van der Waals surface area contributed by atoms with Crippen LogP contribution in [-0.4, -0.2) is 11.3 Å². The van der Waals surface area contributed by atoms with Gasteiger partial charge in [-0.3, -0.25) is 5.43 Å². The summed E-state index contributed by atoms with van der Waals surface area (Å²) in [4.78, 5) is 10.4. The van der Waals surface area contributed by atoms with E-state index in [9.17, 15) is 0 Å². The van der Waals surface area contributed by atoms with E-state index in [4.69, 9.17) is 28.2 Å². The maximum atomic E-state index is 6.84. The van der Waals surface area contributed by atoms with Gasteiger partial charge in [0.25, 0.3) is 0 Å². The standard InChI is InChI=1S/C27H22Cl2N4S/c1-27(2,23-21(28)15-20(16-22(23)29)33-17-30-13-14-31-33)26-32-24(18-9-5-3-6-10-18)25(34-26)19-11-7-4-8-12-19/h3-17,31H,1-2H3. The zero-order chi connectivity index (χ0) is 23.7. The third kappa shape index (κ3) is 4.23. The summed E-state index contributed by atoms with van der Waals surface area (Å²) in [6.45, 7) is 4.23. The molecule has 1 N–H and O–H groups in total. The molecule has 0 saturated heterocycles. The summed E-state index contributed by atoms with van der Waals surface area (Å²) in [6, 6.07) is 24.4. The Morgan fingerprint density at radius 2 is 1.50 bits per heavy atom. The maximum absolute atomic E-state index is 6.84. The van der Waals surface area contributed by atoms with E-state index in [1.165, 1.54) is 0 Å². The van der Waals surface area contributed by atoms with Crippen LogP contribution in [0.15, 0.2) is 90.2 Å². The second-order valence-electron chi connectivity index (χ2n) is 8.42. The summed E-state index contributed by atoms with van der Waals surface area (Å²) in [5.74, 6) is 0. The summed E-state index contributed by atoms with van der Waals surface area (Å²) >= 11 is 15.4. The van der Waals surface area contributed by atoms with E-state index >= 15 is 0 Å². The van der Waals surface area contributed by atoms with Crippen molar-refractivity contribution in [2.45, 2.75) is 19.3 Å². The number of nitrogens with zero attached hydrogens (tertiary/aromatic N) is 3. The Morgan fingerprint density at radius 3 is 2.09 bits per heavy atom. The highest BCUT2D eigenvalue weighted by molar-refractivity contribution is 7.15. The van der Waals surface area contributed by atoms with Crippen molar-refractivity contribution < 1.29 is 0 Å². The van der Waals surface area contributed by atoms with Gasteiger partial charge in [0.15, 0.2) is 0 Å². The molecule has 0 aliphatic carbocycles. The monoisotopic (exact) mass is 504 g/mol. The van der Waals surface area contributed by atoms with Gasteiger partial charge >= 0.3 is 0 Å². The average molecular weight is 505 g/mol. The molecule has 5 rings (SSSR count). The Kier molecular flexibility index (Phi) is 6.17. The van der Waals surface area contributed by atoms with E-state index in [1.807, 2.05) is 48.5 Å². The summed E-state index contributed by atoms with van der Waals surface area (Å²) in [7, 11) is 0.